The van der Waals surface area contributed by atoms with E-state index in [0.29, 0.717) is 11.3 Å². The number of phenolic OH excluding ortho intramolecular Hbond substituents is 1. The molecule has 7 N–H and O–H groups in total. The molecule has 0 unspecified atom stereocenters. The van der Waals surface area contributed by atoms with Crippen LogP contribution < -0.4 is 36.1 Å². The molecule has 0 aliphatic carbocycles. The maximum atomic E-state index is 13.1. The van der Waals surface area contributed by atoms with E-state index < -0.39 is 35.6 Å². The Balaban J connectivity index is 1.15. The molecule has 5 rings (SSSR count). The van der Waals surface area contributed by atoms with Gasteiger partial charge in [0.25, 0.3) is 23.6 Å². The van der Waals surface area contributed by atoms with Crippen molar-refractivity contribution in [3.8, 4) is 23.3 Å². The molecule has 0 saturated heterocycles. The number of amides is 5. The number of carbonyl (C=O) groups is 6. The number of rotatable bonds is 15. The first kappa shape index (κ1) is 42.7. The summed E-state index contributed by atoms with van der Waals surface area (Å²) in [4.78, 5) is 76.3. The topological polar surface area (TPSA) is 245 Å². The number of nitrogens with zero attached hydrogens (tertiary/aromatic N) is 1. The minimum Gasteiger partial charge on any atom is -0.508 e. The normalized spacial score (nSPS) is 11.2. The minimum absolute atomic E-state index is 0.0182. The number of aromatic hydroxyl groups is 1. The van der Waals surface area contributed by atoms with Crippen molar-refractivity contribution < 1.29 is 48.5 Å². The number of hydrogen-bond acceptors (Lipinski definition) is 10. The van der Waals surface area contributed by atoms with E-state index >= 15 is 0 Å². The van der Waals surface area contributed by atoms with Crippen LogP contribution in [0.15, 0.2) is 115 Å². The highest BCUT2D eigenvalue weighted by Gasteiger charge is 2.22. The van der Waals surface area contributed by atoms with E-state index in [4.69, 9.17) is 9.47 Å². The van der Waals surface area contributed by atoms with Crippen molar-refractivity contribution in [3.05, 3.63) is 143 Å². The van der Waals surface area contributed by atoms with Gasteiger partial charge in [-0.1, -0.05) is 12.1 Å². The van der Waals surface area contributed by atoms with E-state index in [0.717, 1.165) is 5.56 Å². The number of methoxy groups -OCH3 is 2. The first-order chi connectivity index (χ1) is 28.8. The first-order valence-corrected chi connectivity index (χ1v) is 18.0. The number of nitriles is 1. The van der Waals surface area contributed by atoms with Crippen molar-refractivity contribution in [1.82, 2.24) is 5.32 Å². The van der Waals surface area contributed by atoms with E-state index in [1.54, 1.807) is 25.1 Å². The van der Waals surface area contributed by atoms with Crippen LogP contribution in [0.4, 0.5) is 22.7 Å². The number of anilines is 4. The van der Waals surface area contributed by atoms with Gasteiger partial charge < -0.3 is 46.3 Å². The fraction of sp³-hybridized carbons (Fsp3) is 0.114. The predicted octanol–water partition coefficient (Wildman–Crippen LogP) is 6.30. The van der Waals surface area contributed by atoms with Crippen molar-refractivity contribution in [2.24, 2.45) is 0 Å². The first-order valence-electron chi connectivity index (χ1n) is 18.0. The lowest BCUT2D eigenvalue weighted by Gasteiger charge is -2.16. The van der Waals surface area contributed by atoms with Crippen LogP contribution in [0.2, 0.25) is 0 Å². The predicted molar refractivity (Wildman–Crippen MR) is 222 cm³/mol. The Morgan fingerprint density at radius 1 is 0.650 bits per heavy atom. The van der Waals surface area contributed by atoms with Gasteiger partial charge in [0.05, 0.1) is 43.6 Å². The summed E-state index contributed by atoms with van der Waals surface area (Å²) in [5.74, 6) is -3.49. The zero-order valence-corrected chi connectivity index (χ0v) is 32.4. The lowest BCUT2D eigenvalue weighted by atomic mass is 10.1. The number of nitrogens with one attached hydrogen (secondary N) is 5. The lowest BCUT2D eigenvalue weighted by molar-refractivity contribution is -0.118. The van der Waals surface area contributed by atoms with E-state index in [-0.39, 0.29) is 68.9 Å². The molecule has 0 aromatic heterocycles. The molecule has 60 heavy (non-hydrogen) atoms. The number of carbonyl (C=O) groups excluding carboxylic acids is 5. The minimum atomic E-state index is -1.23. The smallest absolute Gasteiger partial charge is 0.335 e. The van der Waals surface area contributed by atoms with Crippen LogP contribution in [0, 0.1) is 11.3 Å². The second kappa shape index (κ2) is 19.6. The Hall–Kier alpha value is -8.45. The third kappa shape index (κ3) is 11.1. The quantitative estimate of drug-likeness (QED) is 0.0578. The molecule has 0 aliphatic rings. The fourth-order valence-electron chi connectivity index (χ4n) is 5.55. The van der Waals surface area contributed by atoms with Crippen LogP contribution in [0.3, 0.4) is 0 Å². The maximum Gasteiger partial charge on any atom is 0.335 e. The maximum absolute atomic E-state index is 13.1. The second-order valence-electron chi connectivity index (χ2n) is 12.9. The summed E-state index contributed by atoms with van der Waals surface area (Å²) in [6.07, 6.45) is 1.32. The Labute approximate surface area is 343 Å². The van der Waals surface area contributed by atoms with Gasteiger partial charge in [-0.15, -0.1) is 0 Å². The third-order valence-corrected chi connectivity index (χ3v) is 8.78. The molecule has 5 aromatic carbocycles. The fourth-order valence-corrected chi connectivity index (χ4v) is 5.55. The highest BCUT2D eigenvalue weighted by Crippen LogP contribution is 2.29. The molecule has 0 fully saturated rings. The van der Waals surface area contributed by atoms with E-state index in [2.05, 4.69) is 26.6 Å². The Morgan fingerprint density at radius 3 is 1.67 bits per heavy atom. The van der Waals surface area contributed by atoms with Crippen molar-refractivity contribution in [1.29, 1.82) is 5.26 Å². The molecule has 0 radical (unpaired) electrons. The summed E-state index contributed by atoms with van der Waals surface area (Å²) in [5.41, 5.74) is 2.87. The average molecular weight is 811 g/mol. The monoisotopic (exact) mass is 810 g/mol. The summed E-state index contributed by atoms with van der Waals surface area (Å²) in [5, 5.41) is 41.4. The molecule has 0 spiro atoms. The van der Waals surface area contributed by atoms with Crippen molar-refractivity contribution >= 4 is 64.3 Å². The average Bonchev–Trinajstić information content (AvgIpc) is 3.24. The highest BCUT2D eigenvalue weighted by molar-refractivity contribution is 6.09. The lowest BCUT2D eigenvalue weighted by Crippen LogP contribution is -2.43. The number of hydrogen-bond donors (Lipinski definition) is 7. The van der Waals surface area contributed by atoms with Crippen LogP contribution in [0.1, 0.15) is 60.3 Å². The molecule has 1 atom stereocenters. The van der Waals surface area contributed by atoms with Gasteiger partial charge in [-0.2, -0.15) is 5.26 Å². The van der Waals surface area contributed by atoms with Gasteiger partial charge in [0.2, 0.25) is 5.91 Å². The van der Waals surface area contributed by atoms with E-state index in [1.165, 1.54) is 111 Å². The highest BCUT2D eigenvalue weighted by atomic mass is 16.5. The number of ether oxygens (including phenoxy) is 2. The summed E-state index contributed by atoms with van der Waals surface area (Å²) in [6.45, 7) is 1.63. The zero-order valence-electron chi connectivity index (χ0n) is 32.4. The number of aromatic carboxylic acids is 1. The van der Waals surface area contributed by atoms with Gasteiger partial charge in [-0.3, -0.25) is 24.0 Å². The van der Waals surface area contributed by atoms with Crippen LogP contribution in [0.5, 0.6) is 17.2 Å². The molecule has 5 aromatic rings. The number of benzene rings is 5. The molecule has 0 aliphatic heterocycles. The van der Waals surface area contributed by atoms with Crippen LogP contribution in [-0.4, -0.2) is 66.0 Å². The molecule has 16 heteroatoms. The van der Waals surface area contributed by atoms with E-state index in [9.17, 15) is 44.2 Å². The van der Waals surface area contributed by atoms with Gasteiger partial charge in [0.1, 0.15) is 23.3 Å². The largest absolute Gasteiger partial charge is 0.508 e. The molecular weight excluding hydrogens is 773 g/mol. The van der Waals surface area contributed by atoms with Gasteiger partial charge >= 0.3 is 5.97 Å². The summed E-state index contributed by atoms with van der Waals surface area (Å²) < 4.78 is 10.6. The molecule has 5 amide bonds. The summed E-state index contributed by atoms with van der Waals surface area (Å²) in [6, 6.07) is 27.2. The zero-order chi connectivity index (χ0) is 43.3. The van der Waals surface area contributed by atoms with Crippen molar-refractivity contribution in [2.45, 2.75) is 19.4 Å². The molecule has 0 heterocycles. The third-order valence-electron chi connectivity index (χ3n) is 8.78. The number of carboxylic acids is 1. The standard InChI is InChI=1S/C44H38N6O10/c1-25(22-26-4-16-33(51)17-5-26)39(52)46-31-12-6-28(7-13-31)41(54)50-36(20-21-45)43(56)47-32-14-8-27(9-15-32)40(53)48-34-18-10-29(23-37(34)59-2)42(55)49-35-19-11-30(44(57)58)24-38(35)60-3/h4-19,22-24,36,51H,20H2,1-3H3,(H,46,52)(H,47,56)(H,48,53)(H,49,55)(H,50,54)(H,57,58)/b25-22+/t36-/m0/s1. The van der Waals surface area contributed by atoms with E-state index in [1.807, 2.05) is 6.07 Å². The Morgan fingerprint density at radius 2 is 1.13 bits per heavy atom. The number of phenols is 1. The van der Waals surface area contributed by atoms with Gasteiger partial charge in [0, 0.05) is 33.6 Å². The summed E-state index contributed by atoms with van der Waals surface area (Å²) in [7, 11) is 2.70. The van der Waals surface area contributed by atoms with Crippen LogP contribution in [-0.2, 0) is 9.59 Å². The van der Waals surface area contributed by atoms with Gasteiger partial charge in [-0.05, 0) is 116 Å². The van der Waals surface area contributed by atoms with Crippen LogP contribution >= 0.6 is 0 Å². The van der Waals surface area contributed by atoms with Crippen LogP contribution in [0.25, 0.3) is 6.08 Å². The molecule has 0 saturated carbocycles. The second-order valence-corrected chi connectivity index (χ2v) is 12.9. The molecular formula is C44H38N6O10. The summed E-state index contributed by atoms with van der Waals surface area (Å²) >= 11 is 0. The van der Waals surface area contributed by atoms with Crippen molar-refractivity contribution in [2.75, 3.05) is 35.5 Å². The van der Waals surface area contributed by atoms with Gasteiger partial charge in [0.15, 0.2) is 0 Å². The SMILES string of the molecule is COc1cc(C(=O)O)ccc1NC(=O)c1ccc(NC(=O)c2ccc(NC(=O)[C@H](CC#N)NC(=O)c3ccc(NC(=O)/C(C)=C/c4ccc(O)cc4)cc3)cc2)c(OC)c1. The molecule has 304 valence electrons. The molecule has 0 bridgehead atoms. The van der Waals surface area contributed by atoms with Gasteiger partial charge in [-0.25, -0.2) is 4.79 Å². The Bertz CT molecular complexity index is 2510. The molecule has 16 nitrogen and oxygen atoms in total. The Kier molecular flexibility index (Phi) is 14.0. The number of carboxylic acid groups (broad SMARTS) is 1. The van der Waals surface area contributed by atoms with Crippen molar-refractivity contribution in [3.63, 3.8) is 0 Å².